The molecule has 13 heavy (non-hydrogen) atoms. The van der Waals surface area contributed by atoms with Crippen LogP contribution in [0.2, 0.25) is 0 Å². The smallest absolute Gasteiger partial charge is 0.122 e. The molecular weight excluding hydrogens is 186 g/mol. The Morgan fingerprint density at radius 1 is 1.38 bits per heavy atom. The highest BCUT2D eigenvalue weighted by Crippen LogP contribution is 2.25. The summed E-state index contributed by atoms with van der Waals surface area (Å²) in [5.41, 5.74) is 7.99. The number of fused-ring (bicyclic) bond motifs is 1. The number of aryl methyl sites for hydroxylation is 1. The number of hydrogen-bond donors (Lipinski definition) is 1. The van der Waals surface area contributed by atoms with Crippen molar-refractivity contribution in [3.05, 3.63) is 29.3 Å². The van der Waals surface area contributed by atoms with Gasteiger partial charge < -0.3 is 10.5 Å². The molecule has 2 rings (SSSR count). The van der Waals surface area contributed by atoms with Crippen molar-refractivity contribution in [3.63, 3.8) is 0 Å². The average Bonchev–Trinajstić information content (AvgIpc) is 2.17. The molecular formula is C10H14ClNO. The second kappa shape index (κ2) is 4.49. The van der Waals surface area contributed by atoms with Gasteiger partial charge in [0.05, 0.1) is 6.61 Å². The van der Waals surface area contributed by atoms with E-state index in [1.54, 1.807) is 0 Å². The third-order valence-electron chi connectivity index (χ3n) is 2.22. The Bertz CT molecular complexity index is 288. The summed E-state index contributed by atoms with van der Waals surface area (Å²) in [6.07, 6.45) is 2.27. The molecule has 72 valence electrons. The molecule has 2 nitrogen and oxygen atoms in total. The summed E-state index contributed by atoms with van der Waals surface area (Å²) in [4.78, 5) is 0. The third-order valence-corrected chi connectivity index (χ3v) is 2.22. The Balaban J connectivity index is 0.000000845. The maximum atomic E-state index is 5.53. The van der Waals surface area contributed by atoms with Crippen LogP contribution in [-0.4, -0.2) is 6.61 Å². The summed E-state index contributed by atoms with van der Waals surface area (Å²) in [5.74, 6) is 1.03. The van der Waals surface area contributed by atoms with Gasteiger partial charge in [-0.2, -0.15) is 0 Å². The maximum absolute atomic E-state index is 5.53. The minimum atomic E-state index is 0. The molecule has 0 aromatic heterocycles. The van der Waals surface area contributed by atoms with Crippen molar-refractivity contribution in [2.24, 2.45) is 5.73 Å². The molecule has 0 bridgehead atoms. The normalized spacial score (nSPS) is 13.9. The lowest BCUT2D eigenvalue weighted by atomic mass is 10.0. The number of halogens is 1. The quantitative estimate of drug-likeness (QED) is 0.750. The van der Waals surface area contributed by atoms with E-state index in [0.29, 0.717) is 6.54 Å². The number of ether oxygens (including phenoxy) is 1. The Hall–Kier alpha value is -0.730. The highest BCUT2D eigenvalue weighted by Gasteiger charge is 2.09. The highest BCUT2D eigenvalue weighted by atomic mass is 35.5. The average molecular weight is 200 g/mol. The van der Waals surface area contributed by atoms with Crippen molar-refractivity contribution < 1.29 is 4.74 Å². The minimum Gasteiger partial charge on any atom is -0.493 e. The summed E-state index contributed by atoms with van der Waals surface area (Å²) < 4.78 is 5.51. The van der Waals surface area contributed by atoms with Crippen molar-refractivity contribution >= 4 is 12.4 Å². The number of hydrogen-bond acceptors (Lipinski definition) is 2. The van der Waals surface area contributed by atoms with Gasteiger partial charge in [-0.3, -0.25) is 0 Å². The van der Waals surface area contributed by atoms with Crippen LogP contribution in [0.5, 0.6) is 5.75 Å². The summed E-state index contributed by atoms with van der Waals surface area (Å²) in [7, 11) is 0. The van der Waals surface area contributed by atoms with Crippen molar-refractivity contribution in [1.82, 2.24) is 0 Å². The standard InChI is InChI=1S/C10H13NO.ClH/c11-7-8-3-4-9-2-1-5-12-10(9)6-8;/h3-4,6H,1-2,5,7,11H2;1H. The summed E-state index contributed by atoms with van der Waals surface area (Å²) >= 11 is 0. The van der Waals surface area contributed by atoms with Crippen molar-refractivity contribution in [3.8, 4) is 5.75 Å². The molecule has 0 aliphatic carbocycles. The molecule has 0 atom stereocenters. The zero-order valence-corrected chi connectivity index (χ0v) is 8.27. The monoisotopic (exact) mass is 199 g/mol. The van der Waals surface area contributed by atoms with Crippen molar-refractivity contribution in [1.29, 1.82) is 0 Å². The topological polar surface area (TPSA) is 35.2 Å². The maximum Gasteiger partial charge on any atom is 0.122 e. The first-order valence-corrected chi connectivity index (χ1v) is 4.35. The van der Waals surface area contributed by atoms with Crippen LogP contribution in [-0.2, 0) is 13.0 Å². The molecule has 0 saturated heterocycles. The van der Waals surface area contributed by atoms with Crippen LogP contribution in [0.1, 0.15) is 17.5 Å². The number of benzene rings is 1. The Morgan fingerprint density at radius 3 is 3.00 bits per heavy atom. The third kappa shape index (κ3) is 2.14. The summed E-state index contributed by atoms with van der Waals surface area (Å²) in [6.45, 7) is 1.44. The van der Waals surface area contributed by atoms with E-state index in [4.69, 9.17) is 10.5 Å². The first kappa shape index (κ1) is 10.4. The first-order valence-electron chi connectivity index (χ1n) is 4.35. The van der Waals surface area contributed by atoms with Gasteiger partial charge in [-0.15, -0.1) is 12.4 Å². The molecule has 0 saturated carbocycles. The summed E-state index contributed by atoms with van der Waals surface area (Å²) in [5, 5.41) is 0. The van der Waals surface area contributed by atoms with Gasteiger partial charge in [0.1, 0.15) is 5.75 Å². The van der Waals surface area contributed by atoms with E-state index in [2.05, 4.69) is 18.2 Å². The molecule has 1 heterocycles. The fourth-order valence-corrected chi connectivity index (χ4v) is 1.51. The highest BCUT2D eigenvalue weighted by molar-refractivity contribution is 5.85. The van der Waals surface area contributed by atoms with Crippen LogP contribution in [0.25, 0.3) is 0 Å². The number of rotatable bonds is 1. The van der Waals surface area contributed by atoms with Crippen LogP contribution in [0.4, 0.5) is 0 Å². The molecule has 1 aromatic carbocycles. The van der Waals surface area contributed by atoms with Crippen molar-refractivity contribution in [2.75, 3.05) is 6.61 Å². The SMILES string of the molecule is Cl.NCc1ccc2c(c1)OCCC2. The predicted molar refractivity (Wildman–Crippen MR) is 55.4 cm³/mol. The molecule has 0 amide bonds. The van der Waals surface area contributed by atoms with Crippen molar-refractivity contribution in [2.45, 2.75) is 19.4 Å². The lowest BCUT2D eigenvalue weighted by molar-refractivity contribution is 0.288. The zero-order chi connectivity index (χ0) is 8.39. The lowest BCUT2D eigenvalue weighted by Crippen LogP contribution is -2.09. The van der Waals surface area contributed by atoms with Gasteiger partial charge in [0, 0.05) is 6.54 Å². The van der Waals surface area contributed by atoms with E-state index in [0.717, 1.165) is 30.8 Å². The lowest BCUT2D eigenvalue weighted by Gasteiger charge is -2.17. The molecule has 0 unspecified atom stereocenters. The zero-order valence-electron chi connectivity index (χ0n) is 7.45. The van der Waals surface area contributed by atoms with E-state index < -0.39 is 0 Å². The second-order valence-corrected chi connectivity index (χ2v) is 3.10. The Morgan fingerprint density at radius 2 is 2.23 bits per heavy atom. The van der Waals surface area contributed by atoms with E-state index in [1.165, 1.54) is 5.56 Å². The van der Waals surface area contributed by atoms with Gasteiger partial charge >= 0.3 is 0 Å². The van der Waals surface area contributed by atoms with E-state index in [1.807, 2.05) is 0 Å². The molecule has 2 N–H and O–H groups in total. The Kier molecular flexibility index (Phi) is 3.58. The van der Waals surface area contributed by atoms with E-state index in [-0.39, 0.29) is 12.4 Å². The van der Waals surface area contributed by atoms with Crippen LogP contribution >= 0.6 is 12.4 Å². The van der Waals surface area contributed by atoms with Crippen LogP contribution in [0.3, 0.4) is 0 Å². The van der Waals surface area contributed by atoms with Gasteiger partial charge in [-0.1, -0.05) is 12.1 Å². The summed E-state index contributed by atoms with van der Waals surface area (Å²) in [6, 6.07) is 6.25. The molecule has 3 heteroatoms. The fourth-order valence-electron chi connectivity index (χ4n) is 1.51. The van der Waals surface area contributed by atoms with Crippen LogP contribution in [0.15, 0.2) is 18.2 Å². The minimum absolute atomic E-state index is 0. The van der Waals surface area contributed by atoms with Crippen LogP contribution in [0, 0.1) is 0 Å². The fraction of sp³-hybridized carbons (Fsp3) is 0.400. The Labute approximate surface area is 84.5 Å². The van der Waals surface area contributed by atoms with E-state index in [9.17, 15) is 0 Å². The molecule has 0 fully saturated rings. The first-order chi connectivity index (χ1) is 5.90. The molecule has 1 aliphatic rings. The van der Waals surface area contributed by atoms with E-state index >= 15 is 0 Å². The largest absolute Gasteiger partial charge is 0.493 e. The molecule has 0 radical (unpaired) electrons. The number of nitrogens with two attached hydrogens (primary N) is 1. The van der Waals surface area contributed by atoms with Crippen LogP contribution < -0.4 is 10.5 Å². The molecule has 0 spiro atoms. The molecule has 1 aromatic rings. The van der Waals surface area contributed by atoms with Gasteiger partial charge in [-0.25, -0.2) is 0 Å². The predicted octanol–water partition coefficient (Wildman–Crippen LogP) is 1.89. The van der Waals surface area contributed by atoms with Gasteiger partial charge in [-0.05, 0) is 30.0 Å². The van der Waals surface area contributed by atoms with Gasteiger partial charge in [0.15, 0.2) is 0 Å². The second-order valence-electron chi connectivity index (χ2n) is 3.10. The van der Waals surface area contributed by atoms with Gasteiger partial charge in [0.25, 0.3) is 0 Å². The van der Waals surface area contributed by atoms with Gasteiger partial charge in [0.2, 0.25) is 0 Å². The molecule has 1 aliphatic heterocycles.